The predicted octanol–water partition coefficient (Wildman–Crippen LogP) is 4.67. The number of hydrogen-bond donors (Lipinski definition) is 2. The first-order chi connectivity index (χ1) is 13.6. The lowest BCUT2D eigenvalue weighted by molar-refractivity contribution is 0.0963. The van der Waals surface area contributed by atoms with E-state index in [0.717, 1.165) is 46.7 Å². The van der Waals surface area contributed by atoms with Crippen LogP contribution in [0.5, 0.6) is 0 Å². The number of amides is 2. The van der Waals surface area contributed by atoms with Crippen molar-refractivity contribution in [3.63, 3.8) is 0 Å². The van der Waals surface area contributed by atoms with E-state index in [4.69, 9.17) is 0 Å². The van der Waals surface area contributed by atoms with Crippen LogP contribution in [0.3, 0.4) is 0 Å². The maximum absolute atomic E-state index is 13.1. The SMILES string of the molecule is CNC(=O)c1c(NC(=O)c2nc(C)sc2-c2ccccc2)sc2c1CCCC2. The van der Waals surface area contributed by atoms with Gasteiger partial charge in [-0.15, -0.1) is 22.7 Å². The van der Waals surface area contributed by atoms with Gasteiger partial charge in [0.2, 0.25) is 0 Å². The second kappa shape index (κ2) is 7.85. The molecular weight excluding hydrogens is 390 g/mol. The molecule has 28 heavy (non-hydrogen) atoms. The van der Waals surface area contributed by atoms with Crippen LogP contribution in [0.4, 0.5) is 5.00 Å². The molecule has 4 rings (SSSR count). The Kier molecular flexibility index (Phi) is 5.28. The number of carbonyl (C=O) groups excluding carboxylic acids is 2. The number of thiophene rings is 1. The highest BCUT2D eigenvalue weighted by Gasteiger charge is 2.27. The van der Waals surface area contributed by atoms with Crippen molar-refractivity contribution in [2.45, 2.75) is 32.6 Å². The minimum atomic E-state index is -0.271. The van der Waals surface area contributed by atoms with Crippen LogP contribution in [0.25, 0.3) is 10.4 Å². The third-order valence-corrected chi connectivity index (χ3v) is 7.06. The Morgan fingerprint density at radius 3 is 2.54 bits per heavy atom. The Hall–Kier alpha value is -2.51. The summed E-state index contributed by atoms with van der Waals surface area (Å²) in [5, 5.41) is 7.16. The van der Waals surface area contributed by atoms with Gasteiger partial charge in [-0.25, -0.2) is 4.98 Å². The molecule has 2 aromatic heterocycles. The van der Waals surface area contributed by atoms with E-state index in [1.807, 2.05) is 37.3 Å². The molecule has 5 nitrogen and oxygen atoms in total. The maximum atomic E-state index is 13.1. The maximum Gasteiger partial charge on any atom is 0.276 e. The number of aromatic nitrogens is 1. The standard InChI is InChI=1S/C21H21N3O2S2/c1-12-23-17(18(27-12)13-8-4-3-5-9-13)20(26)24-21-16(19(25)22-2)14-10-6-7-11-15(14)28-21/h3-5,8-9H,6-7,10-11H2,1-2H3,(H,22,25)(H,24,26). The number of anilines is 1. The average Bonchev–Trinajstić information content (AvgIpc) is 3.28. The summed E-state index contributed by atoms with van der Waals surface area (Å²) in [5.74, 6) is -0.417. The average molecular weight is 412 g/mol. The predicted molar refractivity (Wildman–Crippen MR) is 115 cm³/mol. The largest absolute Gasteiger partial charge is 0.355 e. The lowest BCUT2D eigenvalue weighted by atomic mass is 9.95. The minimum absolute atomic E-state index is 0.146. The van der Waals surface area contributed by atoms with E-state index in [1.54, 1.807) is 7.05 Å². The van der Waals surface area contributed by atoms with Gasteiger partial charge in [-0.1, -0.05) is 30.3 Å². The molecule has 2 N–H and O–H groups in total. The fourth-order valence-corrected chi connectivity index (χ4v) is 5.75. The molecule has 1 aliphatic carbocycles. The van der Waals surface area contributed by atoms with Gasteiger partial charge in [-0.05, 0) is 43.7 Å². The molecule has 1 aromatic carbocycles. The fraction of sp³-hybridized carbons (Fsp3) is 0.286. The lowest BCUT2D eigenvalue weighted by Gasteiger charge is -2.12. The van der Waals surface area contributed by atoms with Crippen molar-refractivity contribution in [1.82, 2.24) is 10.3 Å². The Morgan fingerprint density at radius 1 is 1.04 bits per heavy atom. The van der Waals surface area contributed by atoms with Gasteiger partial charge in [0.1, 0.15) is 10.7 Å². The molecule has 2 amide bonds. The van der Waals surface area contributed by atoms with Crippen LogP contribution in [-0.2, 0) is 12.8 Å². The van der Waals surface area contributed by atoms with Crippen molar-refractivity contribution in [1.29, 1.82) is 0 Å². The van der Waals surface area contributed by atoms with Crippen molar-refractivity contribution in [2.75, 3.05) is 12.4 Å². The van der Waals surface area contributed by atoms with Gasteiger partial charge in [0.25, 0.3) is 11.8 Å². The van der Waals surface area contributed by atoms with Crippen LogP contribution >= 0.6 is 22.7 Å². The Labute approximate surface area is 171 Å². The van der Waals surface area contributed by atoms with E-state index in [0.29, 0.717) is 16.3 Å². The summed E-state index contributed by atoms with van der Waals surface area (Å²) in [4.78, 5) is 32.1. The molecule has 0 bridgehead atoms. The normalized spacial score (nSPS) is 13.1. The summed E-state index contributed by atoms with van der Waals surface area (Å²) in [6, 6.07) is 9.79. The first-order valence-corrected chi connectivity index (χ1v) is 10.9. The highest BCUT2D eigenvalue weighted by Crippen LogP contribution is 2.39. The van der Waals surface area contributed by atoms with E-state index in [2.05, 4.69) is 15.6 Å². The number of carbonyl (C=O) groups is 2. The Balaban J connectivity index is 1.71. The highest BCUT2D eigenvalue weighted by atomic mass is 32.1. The second-order valence-corrected chi connectivity index (χ2v) is 9.03. The molecule has 7 heteroatoms. The summed E-state index contributed by atoms with van der Waals surface area (Å²) in [5.41, 5.74) is 3.07. The van der Waals surface area contributed by atoms with Gasteiger partial charge in [-0.3, -0.25) is 9.59 Å². The number of benzene rings is 1. The first kappa shape index (κ1) is 18.8. The molecule has 2 heterocycles. The first-order valence-electron chi connectivity index (χ1n) is 9.29. The van der Waals surface area contributed by atoms with Crippen LogP contribution in [0.1, 0.15) is 49.1 Å². The van der Waals surface area contributed by atoms with Crippen LogP contribution < -0.4 is 10.6 Å². The summed E-state index contributed by atoms with van der Waals surface area (Å²) >= 11 is 3.02. The van der Waals surface area contributed by atoms with Crippen molar-refractivity contribution in [3.05, 3.63) is 57.0 Å². The van der Waals surface area contributed by atoms with Gasteiger partial charge in [-0.2, -0.15) is 0 Å². The number of aryl methyl sites for hydroxylation is 2. The topological polar surface area (TPSA) is 71.1 Å². The van der Waals surface area contributed by atoms with Crippen molar-refractivity contribution >= 4 is 39.5 Å². The number of nitrogens with one attached hydrogen (secondary N) is 2. The van der Waals surface area contributed by atoms with Gasteiger partial charge < -0.3 is 10.6 Å². The van der Waals surface area contributed by atoms with Gasteiger partial charge in [0.15, 0.2) is 0 Å². The van der Waals surface area contributed by atoms with E-state index < -0.39 is 0 Å². The summed E-state index contributed by atoms with van der Waals surface area (Å²) in [7, 11) is 1.62. The molecule has 0 saturated heterocycles. The monoisotopic (exact) mass is 411 g/mol. The Morgan fingerprint density at radius 2 is 1.79 bits per heavy atom. The molecule has 0 atom stereocenters. The number of rotatable bonds is 4. The van der Waals surface area contributed by atoms with Crippen LogP contribution in [0, 0.1) is 6.92 Å². The van der Waals surface area contributed by atoms with Crippen LogP contribution in [-0.4, -0.2) is 23.8 Å². The number of fused-ring (bicyclic) bond motifs is 1. The zero-order valence-corrected chi connectivity index (χ0v) is 17.4. The Bertz CT molecular complexity index is 1040. The van der Waals surface area contributed by atoms with E-state index in [9.17, 15) is 9.59 Å². The van der Waals surface area contributed by atoms with Crippen molar-refractivity contribution < 1.29 is 9.59 Å². The quantitative estimate of drug-likeness (QED) is 0.655. The minimum Gasteiger partial charge on any atom is -0.355 e. The molecule has 0 unspecified atom stereocenters. The molecule has 0 fully saturated rings. The smallest absolute Gasteiger partial charge is 0.276 e. The highest BCUT2D eigenvalue weighted by molar-refractivity contribution is 7.17. The molecule has 1 aliphatic rings. The van der Waals surface area contributed by atoms with E-state index in [-0.39, 0.29) is 11.8 Å². The molecule has 144 valence electrons. The number of nitrogens with zero attached hydrogens (tertiary/aromatic N) is 1. The van der Waals surface area contributed by atoms with Gasteiger partial charge >= 0.3 is 0 Å². The molecule has 0 aliphatic heterocycles. The summed E-state index contributed by atoms with van der Waals surface area (Å²) in [6.07, 6.45) is 4.04. The molecule has 0 spiro atoms. The van der Waals surface area contributed by atoms with E-state index in [1.165, 1.54) is 27.6 Å². The number of hydrogen-bond acceptors (Lipinski definition) is 5. The van der Waals surface area contributed by atoms with Gasteiger partial charge in [0.05, 0.1) is 15.4 Å². The second-order valence-electron chi connectivity index (χ2n) is 6.72. The third kappa shape index (κ3) is 3.47. The zero-order valence-electron chi connectivity index (χ0n) is 15.8. The summed E-state index contributed by atoms with van der Waals surface area (Å²) in [6.45, 7) is 1.90. The van der Waals surface area contributed by atoms with Crippen LogP contribution in [0.2, 0.25) is 0 Å². The molecule has 0 saturated carbocycles. The van der Waals surface area contributed by atoms with Crippen molar-refractivity contribution in [2.24, 2.45) is 0 Å². The molecule has 3 aromatic rings. The molecular formula is C21H21N3O2S2. The fourth-order valence-electron chi connectivity index (χ4n) is 3.55. The summed E-state index contributed by atoms with van der Waals surface area (Å²) < 4.78 is 0. The van der Waals surface area contributed by atoms with Crippen LogP contribution in [0.15, 0.2) is 30.3 Å². The molecule has 0 radical (unpaired) electrons. The third-order valence-electron chi connectivity index (χ3n) is 4.84. The van der Waals surface area contributed by atoms with Gasteiger partial charge in [0, 0.05) is 11.9 Å². The van der Waals surface area contributed by atoms with Crippen molar-refractivity contribution in [3.8, 4) is 10.4 Å². The zero-order chi connectivity index (χ0) is 19.7. The lowest BCUT2D eigenvalue weighted by Crippen LogP contribution is -2.22. The number of thiazole rings is 1. The van der Waals surface area contributed by atoms with E-state index >= 15 is 0 Å².